The monoisotopic (exact) mass is 261 g/mol. The van der Waals surface area contributed by atoms with Crippen LogP contribution >= 0.6 is 0 Å². The van der Waals surface area contributed by atoms with Crippen LogP contribution in [0.5, 0.6) is 0 Å². The number of aromatic nitrogens is 5. The zero-order valence-electron chi connectivity index (χ0n) is 11.2. The second-order valence-electron chi connectivity index (χ2n) is 4.96. The molecule has 102 valence electrons. The molecule has 2 aromatic rings. The number of fused-ring (bicyclic) bond motifs is 1. The highest BCUT2D eigenvalue weighted by molar-refractivity contribution is 5.44. The first-order valence-electron chi connectivity index (χ1n) is 6.88. The molecule has 19 heavy (non-hydrogen) atoms. The molecule has 1 saturated heterocycles. The van der Waals surface area contributed by atoms with E-state index in [4.69, 9.17) is 0 Å². The van der Waals surface area contributed by atoms with Crippen molar-refractivity contribution in [2.45, 2.75) is 19.8 Å². The minimum Gasteiger partial charge on any atom is -0.355 e. The normalized spacial score (nSPS) is 17.2. The van der Waals surface area contributed by atoms with Crippen LogP contribution in [0, 0.1) is 5.92 Å². The Morgan fingerprint density at radius 3 is 2.95 bits per heavy atom. The van der Waals surface area contributed by atoms with E-state index in [0.717, 1.165) is 37.9 Å². The summed E-state index contributed by atoms with van der Waals surface area (Å²) in [5.41, 5.74) is 0.686. The second kappa shape index (κ2) is 5.48. The minimum absolute atomic E-state index is 0.686. The number of nitrogens with one attached hydrogen (secondary N) is 1. The van der Waals surface area contributed by atoms with Crippen LogP contribution in [-0.4, -0.2) is 51.4 Å². The van der Waals surface area contributed by atoms with Crippen LogP contribution in [-0.2, 0) is 0 Å². The molecule has 0 atom stereocenters. The topological polar surface area (TPSA) is 71.2 Å². The Balaban J connectivity index is 1.64. The van der Waals surface area contributed by atoms with Crippen LogP contribution < -0.4 is 10.2 Å². The number of anilines is 1. The van der Waals surface area contributed by atoms with Gasteiger partial charge in [-0.2, -0.15) is 0 Å². The van der Waals surface area contributed by atoms with E-state index < -0.39 is 0 Å². The summed E-state index contributed by atoms with van der Waals surface area (Å²) < 4.78 is 1.49. The molecule has 1 aliphatic rings. The van der Waals surface area contributed by atoms with Crippen molar-refractivity contribution >= 4 is 11.5 Å². The van der Waals surface area contributed by atoms with E-state index in [1.807, 2.05) is 12.1 Å². The van der Waals surface area contributed by atoms with Gasteiger partial charge < -0.3 is 10.2 Å². The third-order valence-electron chi connectivity index (χ3n) is 3.68. The molecule has 7 heteroatoms. The molecule has 0 spiro atoms. The molecule has 0 bridgehead atoms. The van der Waals surface area contributed by atoms with Gasteiger partial charge in [0.2, 0.25) is 0 Å². The fourth-order valence-corrected chi connectivity index (χ4v) is 2.52. The van der Waals surface area contributed by atoms with Gasteiger partial charge in [0.1, 0.15) is 0 Å². The van der Waals surface area contributed by atoms with Gasteiger partial charge in [-0.05, 0) is 54.4 Å². The summed E-state index contributed by atoms with van der Waals surface area (Å²) >= 11 is 0. The molecule has 7 nitrogen and oxygen atoms in total. The Labute approximate surface area is 112 Å². The first-order chi connectivity index (χ1) is 9.36. The second-order valence-corrected chi connectivity index (χ2v) is 4.96. The summed E-state index contributed by atoms with van der Waals surface area (Å²) in [5.74, 6) is 1.75. The van der Waals surface area contributed by atoms with Crippen LogP contribution in [0.4, 0.5) is 5.82 Å². The van der Waals surface area contributed by atoms with Crippen molar-refractivity contribution in [1.29, 1.82) is 0 Å². The van der Waals surface area contributed by atoms with Crippen LogP contribution in [0.25, 0.3) is 5.65 Å². The van der Waals surface area contributed by atoms with Crippen molar-refractivity contribution in [2.24, 2.45) is 5.92 Å². The number of piperidine rings is 1. The van der Waals surface area contributed by atoms with Gasteiger partial charge in [-0.3, -0.25) is 0 Å². The van der Waals surface area contributed by atoms with E-state index in [-0.39, 0.29) is 0 Å². The van der Waals surface area contributed by atoms with Gasteiger partial charge in [0.15, 0.2) is 11.5 Å². The number of rotatable bonds is 4. The third kappa shape index (κ3) is 2.65. The van der Waals surface area contributed by atoms with Crippen molar-refractivity contribution < 1.29 is 0 Å². The van der Waals surface area contributed by atoms with Gasteiger partial charge in [0.05, 0.1) is 0 Å². The van der Waals surface area contributed by atoms with E-state index in [1.54, 1.807) is 0 Å². The lowest BCUT2D eigenvalue weighted by Crippen LogP contribution is -2.37. The van der Waals surface area contributed by atoms with Crippen LogP contribution in [0.15, 0.2) is 12.1 Å². The van der Waals surface area contributed by atoms with Crippen molar-refractivity contribution in [2.75, 3.05) is 31.1 Å². The van der Waals surface area contributed by atoms with E-state index >= 15 is 0 Å². The van der Waals surface area contributed by atoms with E-state index in [2.05, 4.69) is 37.8 Å². The molecule has 3 heterocycles. The molecule has 0 radical (unpaired) electrons. The highest BCUT2D eigenvalue weighted by atomic mass is 15.6. The summed E-state index contributed by atoms with van der Waals surface area (Å²) in [6, 6.07) is 3.91. The Hall–Kier alpha value is -1.76. The molecule has 0 unspecified atom stereocenters. The molecular weight excluding hydrogens is 242 g/mol. The molecule has 0 amide bonds. The summed E-state index contributed by atoms with van der Waals surface area (Å²) in [7, 11) is 0. The highest BCUT2D eigenvalue weighted by Crippen LogP contribution is 2.21. The standard InChI is InChI=1S/C12H19N7/c1-2-13-9-10-5-7-18(8-6-10)12-4-3-11-14-16-17-19(11)15-12/h3-4,10,13H,2,5-9H2,1H3. The zero-order chi connectivity index (χ0) is 13.1. The molecule has 0 aromatic carbocycles. The maximum absolute atomic E-state index is 4.44. The van der Waals surface area contributed by atoms with Gasteiger partial charge in [-0.25, -0.2) is 0 Å². The van der Waals surface area contributed by atoms with Crippen molar-refractivity contribution in [3.05, 3.63) is 12.1 Å². The highest BCUT2D eigenvalue weighted by Gasteiger charge is 2.20. The quantitative estimate of drug-likeness (QED) is 0.856. The zero-order valence-corrected chi connectivity index (χ0v) is 11.2. The van der Waals surface area contributed by atoms with E-state index in [0.29, 0.717) is 5.65 Å². The van der Waals surface area contributed by atoms with Gasteiger partial charge >= 0.3 is 0 Å². The Kier molecular flexibility index (Phi) is 3.54. The van der Waals surface area contributed by atoms with Gasteiger partial charge in [0, 0.05) is 13.1 Å². The number of nitrogens with zero attached hydrogens (tertiary/aromatic N) is 6. The average Bonchev–Trinajstić information content (AvgIpc) is 2.93. The molecule has 0 aliphatic carbocycles. The molecule has 1 fully saturated rings. The van der Waals surface area contributed by atoms with E-state index in [1.165, 1.54) is 17.5 Å². The largest absolute Gasteiger partial charge is 0.355 e. The summed E-state index contributed by atoms with van der Waals surface area (Å²) in [6.45, 7) is 6.44. The lowest BCUT2D eigenvalue weighted by atomic mass is 9.97. The van der Waals surface area contributed by atoms with Crippen molar-refractivity contribution in [3.8, 4) is 0 Å². The molecular formula is C12H19N7. The fraction of sp³-hybridized carbons (Fsp3) is 0.667. The predicted octanol–water partition coefficient (Wildman–Crippen LogP) is 0.345. The van der Waals surface area contributed by atoms with Crippen molar-refractivity contribution in [1.82, 2.24) is 30.6 Å². The lowest BCUT2D eigenvalue weighted by Gasteiger charge is -2.32. The maximum Gasteiger partial charge on any atom is 0.200 e. The first-order valence-corrected chi connectivity index (χ1v) is 6.88. The molecule has 3 rings (SSSR count). The fourth-order valence-electron chi connectivity index (χ4n) is 2.52. The Morgan fingerprint density at radius 2 is 2.16 bits per heavy atom. The smallest absolute Gasteiger partial charge is 0.200 e. The van der Waals surface area contributed by atoms with Gasteiger partial charge in [-0.1, -0.05) is 6.92 Å². The summed E-state index contributed by atoms with van der Waals surface area (Å²) in [6.07, 6.45) is 2.42. The lowest BCUT2D eigenvalue weighted by molar-refractivity contribution is 0.384. The van der Waals surface area contributed by atoms with Crippen LogP contribution in [0.1, 0.15) is 19.8 Å². The molecule has 2 aromatic heterocycles. The Morgan fingerprint density at radius 1 is 1.32 bits per heavy atom. The number of tetrazole rings is 1. The summed E-state index contributed by atoms with van der Waals surface area (Å²) in [5, 5.41) is 19.2. The van der Waals surface area contributed by atoms with Gasteiger partial charge in [-0.15, -0.1) is 14.8 Å². The third-order valence-corrected chi connectivity index (χ3v) is 3.68. The SMILES string of the molecule is CCNCC1CCN(c2ccc3nnnn3n2)CC1. The predicted molar refractivity (Wildman–Crippen MR) is 72.1 cm³/mol. The Bertz CT molecular complexity index is 530. The van der Waals surface area contributed by atoms with Crippen LogP contribution in [0.2, 0.25) is 0 Å². The molecule has 1 N–H and O–H groups in total. The maximum atomic E-state index is 4.44. The average molecular weight is 261 g/mol. The van der Waals surface area contributed by atoms with Gasteiger partial charge in [0.25, 0.3) is 0 Å². The van der Waals surface area contributed by atoms with E-state index in [9.17, 15) is 0 Å². The number of hydrogen-bond acceptors (Lipinski definition) is 6. The first kappa shape index (κ1) is 12.3. The number of hydrogen-bond donors (Lipinski definition) is 1. The summed E-state index contributed by atoms with van der Waals surface area (Å²) in [4.78, 5) is 2.31. The van der Waals surface area contributed by atoms with Crippen LogP contribution in [0.3, 0.4) is 0 Å². The molecule has 0 saturated carbocycles. The molecule has 1 aliphatic heterocycles. The van der Waals surface area contributed by atoms with Crippen molar-refractivity contribution in [3.63, 3.8) is 0 Å². The minimum atomic E-state index is 0.686.